The molecule has 110 valence electrons. The van der Waals surface area contributed by atoms with Gasteiger partial charge in [-0.1, -0.05) is 23.2 Å². The van der Waals surface area contributed by atoms with Crippen molar-refractivity contribution < 1.29 is 9.47 Å². The van der Waals surface area contributed by atoms with E-state index < -0.39 is 0 Å². The molecule has 2 rings (SSSR count). The third-order valence-electron chi connectivity index (χ3n) is 3.46. The van der Waals surface area contributed by atoms with E-state index in [0.717, 1.165) is 12.3 Å². The van der Waals surface area contributed by atoms with Gasteiger partial charge in [0.2, 0.25) is 0 Å². The highest BCUT2D eigenvalue weighted by molar-refractivity contribution is 5.27. The minimum Gasteiger partial charge on any atom is -0.497 e. The Bertz CT molecular complexity index is 546. The van der Waals surface area contributed by atoms with Crippen LogP contribution in [0.5, 0.6) is 5.75 Å². The second-order valence-electron chi connectivity index (χ2n) is 4.87. The molecule has 1 aliphatic heterocycles. The summed E-state index contributed by atoms with van der Waals surface area (Å²) in [6.07, 6.45) is 5.06. The van der Waals surface area contributed by atoms with Gasteiger partial charge >= 0.3 is 0 Å². The Labute approximate surface area is 124 Å². The summed E-state index contributed by atoms with van der Waals surface area (Å²) in [5, 5.41) is 3.80. The van der Waals surface area contributed by atoms with E-state index in [2.05, 4.69) is 20.8 Å². The summed E-state index contributed by atoms with van der Waals surface area (Å²) in [7, 11) is 1.65. The lowest BCUT2D eigenvalue weighted by Gasteiger charge is -2.16. The number of terminal acetylenes is 1. The molecule has 0 amide bonds. The Morgan fingerprint density at radius 3 is 2.81 bits per heavy atom. The highest BCUT2D eigenvalue weighted by atomic mass is 16.5. The number of benzene rings is 1. The molecule has 0 spiro atoms. The first-order valence-electron chi connectivity index (χ1n) is 6.71. The maximum Gasteiger partial charge on any atom is 0.118 e. The van der Waals surface area contributed by atoms with Gasteiger partial charge in [-0.25, -0.2) is 0 Å². The maximum atomic E-state index is 8.63. The van der Waals surface area contributed by atoms with Crippen LogP contribution in [-0.4, -0.2) is 43.9 Å². The fourth-order valence-corrected chi connectivity index (χ4v) is 2.45. The molecule has 21 heavy (non-hydrogen) atoms. The number of ether oxygens (including phenoxy) is 2. The number of likely N-dealkylation sites (tertiary alicyclic amines) is 1. The van der Waals surface area contributed by atoms with Crippen molar-refractivity contribution >= 4 is 0 Å². The Kier molecular flexibility index (Phi) is 5.47. The zero-order valence-corrected chi connectivity index (χ0v) is 12.0. The van der Waals surface area contributed by atoms with Crippen LogP contribution in [0.2, 0.25) is 0 Å². The third-order valence-corrected chi connectivity index (χ3v) is 3.46. The fraction of sp³-hybridized carbons (Fsp3) is 0.467. The van der Waals surface area contributed by atoms with E-state index in [1.54, 1.807) is 7.11 Å². The van der Waals surface area contributed by atoms with Crippen LogP contribution in [0, 0.1) is 12.3 Å². The number of azide groups is 1. The van der Waals surface area contributed by atoms with Crippen LogP contribution < -0.4 is 4.74 Å². The molecular weight excluding hydrogens is 268 g/mol. The van der Waals surface area contributed by atoms with E-state index in [0.29, 0.717) is 13.1 Å². The topological polar surface area (TPSA) is 70.5 Å². The molecular formula is C15H18N4O2. The smallest absolute Gasteiger partial charge is 0.118 e. The molecule has 0 aromatic heterocycles. The van der Waals surface area contributed by atoms with Gasteiger partial charge in [-0.2, -0.15) is 0 Å². The summed E-state index contributed by atoms with van der Waals surface area (Å²) in [4.78, 5) is 5.09. The van der Waals surface area contributed by atoms with Crippen LogP contribution in [0.3, 0.4) is 0 Å². The molecule has 0 saturated carbocycles. The first-order chi connectivity index (χ1) is 10.3. The second-order valence-corrected chi connectivity index (χ2v) is 4.87. The first-order valence-corrected chi connectivity index (χ1v) is 6.71. The van der Waals surface area contributed by atoms with Crippen molar-refractivity contribution in [3.63, 3.8) is 0 Å². The Morgan fingerprint density at radius 2 is 2.19 bits per heavy atom. The molecule has 1 heterocycles. The molecule has 2 unspecified atom stereocenters. The van der Waals surface area contributed by atoms with Crippen molar-refractivity contribution in [3.8, 4) is 18.1 Å². The van der Waals surface area contributed by atoms with E-state index in [9.17, 15) is 0 Å². The van der Waals surface area contributed by atoms with Crippen molar-refractivity contribution in [2.75, 3.05) is 26.8 Å². The molecule has 2 atom stereocenters. The minimum absolute atomic E-state index is 0.143. The minimum atomic E-state index is -0.193. The predicted octanol–water partition coefficient (Wildman–Crippen LogP) is 2.21. The SMILES string of the molecule is C#CCOC1CN(Cc2ccc(OC)cc2)CC1N=[N+]=[N-]. The van der Waals surface area contributed by atoms with Gasteiger partial charge in [-0.3, -0.25) is 4.90 Å². The summed E-state index contributed by atoms with van der Waals surface area (Å²) < 4.78 is 10.7. The van der Waals surface area contributed by atoms with Crippen LogP contribution in [0.1, 0.15) is 5.56 Å². The largest absolute Gasteiger partial charge is 0.497 e. The van der Waals surface area contributed by atoms with Crippen molar-refractivity contribution in [1.82, 2.24) is 4.90 Å². The molecule has 1 aromatic carbocycles. The molecule has 6 heteroatoms. The van der Waals surface area contributed by atoms with Crippen LogP contribution in [-0.2, 0) is 11.3 Å². The van der Waals surface area contributed by atoms with Crippen LogP contribution in [0.4, 0.5) is 0 Å². The van der Waals surface area contributed by atoms with Crippen molar-refractivity contribution in [2.45, 2.75) is 18.7 Å². The van der Waals surface area contributed by atoms with Gasteiger partial charge in [0.25, 0.3) is 0 Å². The molecule has 0 aliphatic carbocycles. The van der Waals surface area contributed by atoms with Gasteiger partial charge in [-0.05, 0) is 23.2 Å². The molecule has 0 bridgehead atoms. The van der Waals surface area contributed by atoms with E-state index in [4.69, 9.17) is 21.4 Å². The molecule has 1 aliphatic rings. The highest BCUT2D eigenvalue weighted by Crippen LogP contribution is 2.20. The van der Waals surface area contributed by atoms with E-state index in [1.807, 2.05) is 24.3 Å². The lowest BCUT2D eigenvalue weighted by atomic mass is 10.2. The predicted molar refractivity (Wildman–Crippen MR) is 79.8 cm³/mol. The number of nitrogens with zero attached hydrogens (tertiary/aromatic N) is 4. The Morgan fingerprint density at radius 1 is 1.43 bits per heavy atom. The first kappa shape index (κ1) is 15.2. The van der Waals surface area contributed by atoms with E-state index in [-0.39, 0.29) is 18.8 Å². The zero-order chi connectivity index (χ0) is 15.1. The maximum absolute atomic E-state index is 8.63. The van der Waals surface area contributed by atoms with Gasteiger partial charge in [0.1, 0.15) is 12.4 Å². The van der Waals surface area contributed by atoms with Gasteiger partial charge in [0.15, 0.2) is 0 Å². The summed E-state index contributed by atoms with van der Waals surface area (Å²) in [6.45, 7) is 2.39. The van der Waals surface area contributed by atoms with Crippen LogP contribution in [0.25, 0.3) is 10.4 Å². The summed E-state index contributed by atoms with van der Waals surface area (Å²) >= 11 is 0. The molecule has 1 fully saturated rings. The van der Waals surface area contributed by atoms with Crippen molar-refractivity contribution in [3.05, 3.63) is 40.3 Å². The number of hydrogen-bond donors (Lipinski definition) is 0. The zero-order valence-electron chi connectivity index (χ0n) is 12.0. The van der Waals surface area contributed by atoms with Crippen molar-refractivity contribution in [1.29, 1.82) is 0 Å². The number of rotatable bonds is 6. The average molecular weight is 286 g/mol. The van der Waals surface area contributed by atoms with Gasteiger partial charge in [0, 0.05) is 24.5 Å². The van der Waals surface area contributed by atoms with Crippen molar-refractivity contribution in [2.24, 2.45) is 5.11 Å². The summed E-state index contributed by atoms with van der Waals surface area (Å²) in [5.74, 6) is 3.28. The Balaban J connectivity index is 1.97. The van der Waals surface area contributed by atoms with Gasteiger partial charge < -0.3 is 9.47 Å². The normalized spacial score (nSPS) is 21.5. The second kappa shape index (κ2) is 7.55. The van der Waals surface area contributed by atoms with Gasteiger partial charge in [-0.15, -0.1) is 6.42 Å². The average Bonchev–Trinajstić information content (AvgIpc) is 2.88. The molecule has 0 N–H and O–H groups in total. The summed E-state index contributed by atoms with van der Waals surface area (Å²) in [6, 6.07) is 7.72. The third kappa shape index (κ3) is 4.14. The van der Waals surface area contributed by atoms with Crippen LogP contribution >= 0.6 is 0 Å². The van der Waals surface area contributed by atoms with E-state index >= 15 is 0 Å². The lowest BCUT2D eigenvalue weighted by molar-refractivity contribution is 0.0743. The highest BCUT2D eigenvalue weighted by Gasteiger charge is 2.32. The quantitative estimate of drug-likeness (QED) is 0.348. The monoisotopic (exact) mass is 286 g/mol. The number of methoxy groups -OCH3 is 1. The number of hydrogen-bond acceptors (Lipinski definition) is 4. The molecule has 1 saturated heterocycles. The van der Waals surface area contributed by atoms with Gasteiger partial charge in [0.05, 0.1) is 19.3 Å². The lowest BCUT2D eigenvalue weighted by Crippen LogP contribution is -2.25. The Hall–Kier alpha value is -2.19. The molecule has 6 nitrogen and oxygen atoms in total. The standard InChI is InChI=1S/C15H18N4O2/c1-3-8-21-15-11-19(10-14(15)17-18-16)9-12-4-6-13(20-2)7-5-12/h1,4-7,14-15H,8-11H2,2H3. The fourth-order valence-electron chi connectivity index (χ4n) is 2.45. The van der Waals surface area contributed by atoms with E-state index in [1.165, 1.54) is 5.56 Å². The molecule has 0 radical (unpaired) electrons. The van der Waals surface area contributed by atoms with Crippen LogP contribution in [0.15, 0.2) is 29.4 Å². The summed E-state index contributed by atoms with van der Waals surface area (Å²) in [5.41, 5.74) is 9.81. The molecule has 1 aromatic rings.